The highest BCUT2D eigenvalue weighted by Crippen LogP contribution is 2.26. The topological polar surface area (TPSA) is 98.7 Å². The lowest BCUT2D eigenvalue weighted by molar-refractivity contribution is -0.242. The number of rotatable bonds is 5. The molecule has 22 heavy (non-hydrogen) atoms. The number of imidazole rings is 2. The minimum atomic E-state index is -1.39. The first-order valence-electron chi connectivity index (χ1n) is 7.12. The average molecular weight is 298 g/mol. The number of hydrogen-bond donors (Lipinski definition) is 2. The number of fused-ring (bicyclic) bond motifs is 1. The highest BCUT2D eigenvalue weighted by atomic mass is 16.4. The number of H-pyrrole nitrogens is 1. The van der Waals surface area contributed by atoms with Gasteiger partial charge in [0.15, 0.2) is 0 Å². The molecule has 1 unspecified atom stereocenters. The Morgan fingerprint density at radius 2 is 2.36 bits per heavy atom. The summed E-state index contributed by atoms with van der Waals surface area (Å²) in [5.74, 6) is 0.168. The third-order valence-corrected chi connectivity index (χ3v) is 3.56. The van der Waals surface area contributed by atoms with Crippen molar-refractivity contribution in [3.63, 3.8) is 0 Å². The molecule has 0 radical (unpaired) electrons. The van der Waals surface area contributed by atoms with Crippen molar-refractivity contribution in [2.45, 2.75) is 25.8 Å². The second-order valence-electron chi connectivity index (χ2n) is 5.09. The molecule has 0 saturated carbocycles. The van der Waals surface area contributed by atoms with Gasteiger partial charge in [-0.25, -0.2) is 9.97 Å². The van der Waals surface area contributed by atoms with Gasteiger partial charge >= 0.3 is 0 Å². The molecule has 1 aromatic carbocycles. The number of anilines is 1. The van der Waals surface area contributed by atoms with Crippen LogP contribution in [0.1, 0.15) is 31.4 Å². The maximum atomic E-state index is 10.6. The molecule has 7 heteroatoms. The molecule has 2 heterocycles. The largest absolute Gasteiger partial charge is 0.530 e. The van der Waals surface area contributed by atoms with Gasteiger partial charge in [-0.1, -0.05) is 19.4 Å². The second kappa shape index (κ2) is 5.88. The van der Waals surface area contributed by atoms with Crippen molar-refractivity contribution >= 4 is 23.1 Å². The molecule has 1 atom stereocenters. The summed E-state index contributed by atoms with van der Waals surface area (Å²) >= 11 is 0. The van der Waals surface area contributed by atoms with Gasteiger partial charge in [-0.15, -0.1) is 0 Å². The van der Waals surface area contributed by atoms with E-state index in [-0.39, 0.29) is 12.0 Å². The lowest BCUT2D eigenvalue weighted by Crippen LogP contribution is -2.29. The van der Waals surface area contributed by atoms with Crippen molar-refractivity contribution < 1.29 is 9.90 Å². The van der Waals surface area contributed by atoms with Gasteiger partial charge < -0.3 is 24.8 Å². The normalized spacial score (nSPS) is 12.4. The molecule has 0 spiro atoms. The van der Waals surface area contributed by atoms with E-state index in [1.807, 2.05) is 24.4 Å². The van der Waals surface area contributed by atoms with Gasteiger partial charge in [-0.2, -0.15) is 0 Å². The highest BCUT2D eigenvalue weighted by Gasteiger charge is 2.14. The molecule has 3 aromatic rings. The maximum absolute atomic E-state index is 10.6. The zero-order valence-corrected chi connectivity index (χ0v) is 12.1. The number of amides is 1. The van der Waals surface area contributed by atoms with Gasteiger partial charge in [0.2, 0.25) is 5.95 Å². The van der Waals surface area contributed by atoms with Crippen molar-refractivity contribution in [2.75, 3.05) is 5.32 Å². The number of carbonyl (C=O) groups is 1. The van der Waals surface area contributed by atoms with Crippen molar-refractivity contribution in [1.29, 1.82) is 0 Å². The summed E-state index contributed by atoms with van der Waals surface area (Å²) in [5, 5.41) is 12.7. The van der Waals surface area contributed by atoms with E-state index in [0.29, 0.717) is 5.52 Å². The Hall–Kier alpha value is -2.83. The minimum absolute atomic E-state index is 0.168. The van der Waals surface area contributed by atoms with Gasteiger partial charge in [-0.3, -0.25) is 0 Å². The zero-order chi connectivity index (χ0) is 15.5. The van der Waals surface area contributed by atoms with Crippen LogP contribution in [-0.4, -0.2) is 25.6 Å². The lowest BCUT2D eigenvalue weighted by Gasteiger charge is -2.18. The van der Waals surface area contributed by atoms with Crippen LogP contribution < -0.4 is 10.4 Å². The van der Waals surface area contributed by atoms with Crippen LogP contribution in [0.5, 0.6) is 0 Å². The first kappa shape index (κ1) is 14.1. The van der Waals surface area contributed by atoms with E-state index in [4.69, 9.17) is 0 Å². The van der Waals surface area contributed by atoms with E-state index >= 15 is 0 Å². The molecule has 3 rings (SSSR count). The Morgan fingerprint density at radius 1 is 1.50 bits per heavy atom. The molecule has 0 fully saturated rings. The molecule has 114 valence electrons. The summed E-state index contributed by atoms with van der Waals surface area (Å²) in [4.78, 5) is 21.8. The van der Waals surface area contributed by atoms with E-state index < -0.39 is 6.09 Å². The fourth-order valence-electron chi connectivity index (χ4n) is 2.61. The van der Waals surface area contributed by atoms with Crippen molar-refractivity contribution in [2.24, 2.45) is 0 Å². The standard InChI is InChI=1S/C15H17N5O2/c1-2-3-13(20-7-6-16-9-20)10-4-5-11-12(8-10)18-14(17-11)19-15(21)22/h4-9,13H,2-3H2,1H3,(H,21,22)(H2,17,18,19)/p-1. The highest BCUT2D eigenvalue weighted by molar-refractivity contribution is 5.84. The molecule has 0 aliphatic heterocycles. The molecular formula is C15H16N5O2-. The van der Waals surface area contributed by atoms with Gasteiger partial charge in [-0.05, 0) is 24.1 Å². The molecule has 0 aliphatic carbocycles. The van der Waals surface area contributed by atoms with E-state index in [2.05, 4.69) is 31.8 Å². The molecule has 2 N–H and O–H groups in total. The number of carboxylic acid groups (broad SMARTS) is 1. The summed E-state index contributed by atoms with van der Waals surface area (Å²) in [5.41, 5.74) is 2.60. The van der Waals surface area contributed by atoms with Crippen LogP contribution in [0.4, 0.5) is 10.7 Å². The van der Waals surface area contributed by atoms with Crippen molar-refractivity contribution in [3.05, 3.63) is 42.5 Å². The van der Waals surface area contributed by atoms with Gasteiger partial charge in [0, 0.05) is 12.4 Å². The van der Waals surface area contributed by atoms with Crippen LogP contribution in [0.15, 0.2) is 36.9 Å². The van der Waals surface area contributed by atoms with Gasteiger partial charge in [0.25, 0.3) is 0 Å². The van der Waals surface area contributed by atoms with Crippen molar-refractivity contribution in [3.8, 4) is 0 Å². The second-order valence-corrected chi connectivity index (χ2v) is 5.09. The summed E-state index contributed by atoms with van der Waals surface area (Å²) in [6.45, 7) is 2.14. The van der Waals surface area contributed by atoms with E-state index in [0.717, 1.165) is 23.9 Å². The third-order valence-electron chi connectivity index (χ3n) is 3.56. The molecule has 1 amide bonds. The Labute approximate surface area is 127 Å². The lowest BCUT2D eigenvalue weighted by atomic mass is 10.0. The number of aromatic nitrogens is 4. The molecule has 7 nitrogen and oxygen atoms in total. The summed E-state index contributed by atoms with van der Waals surface area (Å²) in [7, 11) is 0. The Balaban J connectivity index is 1.97. The number of hydrogen-bond acceptors (Lipinski definition) is 4. The number of aromatic amines is 1. The maximum Gasteiger partial charge on any atom is 0.206 e. The SMILES string of the molecule is CCCC(c1ccc2nc(NC(=O)[O-])[nH]c2c1)n1ccnc1. The zero-order valence-electron chi connectivity index (χ0n) is 12.1. The van der Waals surface area contributed by atoms with Crippen LogP contribution in [0.25, 0.3) is 11.0 Å². The first-order valence-corrected chi connectivity index (χ1v) is 7.12. The number of benzene rings is 1. The Bertz CT molecular complexity index is 778. The average Bonchev–Trinajstić information content (AvgIpc) is 3.12. The van der Waals surface area contributed by atoms with Gasteiger partial charge in [0.1, 0.15) is 6.09 Å². The van der Waals surface area contributed by atoms with Crippen molar-refractivity contribution in [1.82, 2.24) is 19.5 Å². The van der Waals surface area contributed by atoms with Crippen LogP contribution >= 0.6 is 0 Å². The van der Waals surface area contributed by atoms with Crippen LogP contribution in [0.2, 0.25) is 0 Å². The van der Waals surface area contributed by atoms with Gasteiger partial charge in [0.05, 0.1) is 23.4 Å². The summed E-state index contributed by atoms with van der Waals surface area (Å²) < 4.78 is 2.07. The molecule has 0 aliphatic rings. The Kier molecular flexibility index (Phi) is 3.78. The fraction of sp³-hybridized carbons (Fsp3) is 0.267. The monoisotopic (exact) mass is 298 g/mol. The number of nitrogens with one attached hydrogen (secondary N) is 2. The van der Waals surface area contributed by atoms with Crippen LogP contribution in [-0.2, 0) is 0 Å². The molecule has 0 bridgehead atoms. The summed E-state index contributed by atoms with van der Waals surface area (Å²) in [6.07, 6.45) is 6.16. The van der Waals surface area contributed by atoms with Crippen LogP contribution in [0, 0.1) is 0 Å². The fourth-order valence-corrected chi connectivity index (χ4v) is 2.61. The molecular weight excluding hydrogens is 282 g/mol. The quantitative estimate of drug-likeness (QED) is 0.751. The minimum Gasteiger partial charge on any atom is -0.530 e. The molecule has 2 aromatic heterocycles. The predicted molar refractivity (Wildman–Crippen MR) is 80.4 cm³/mol. The Morgan fingerprint density at radius 3 is 3.05 bits per heavy atom. The van der Waals surface area contributed by atoms with E-state index in [1.54, 1.807) is 12.5 Å². The van der Waals surface area contributed by atoms with Crippen LogP contribution in [0.3, 0.4) is 0 Å². The smallest absolute Gasteiger partial charge is 0.206 e. The van der Waals surface area contributed by atoms with E-state index in [9.17, 15) is 9.90 Å². The number of nitrogens with zero attached hydrogens (tertiary/aromatic N) is 3. The van der Waals surface area contributed by atoms with E-state index in [1.165, 1.54) is 0 Å². The molecule has 0 saturated heterocycles. The third kappa shape index (κ3) is 2.78. The first-order chi connectivity index (χ1) is 10.7. The number of carbonyl (C=O) groups excluding carboxylic acids is 1. The summed E-state index contributed by atoms with van der Waals surface area (Å²) in [6, 6.07) is 6.06. The predicted octanol–water partition coefficient (Wildman–Crippen LogP) is 1.90.